The summed E-state index contributed by atoms with van der Waals surface area (Å²) in [5.41, 5.74) is 0.0284. The molecule has 0 unspecified atom stereocenters. The van der Waals surface area contributed by atoms with E-state index in [-0.39, 0.29) is 12.2 Å². The number of carbonyl (C=O) groups is 1. The third-order valence-corrected chi connectivity index (χ3v) is 3.72. The van der Waals surface area contributed by atoms with Crippen LogP contribution in [-0.2, 0) is 11.3 Å². The summed E-state index contributed by atoms with van der Waals surface area (Å²) in [5, 5.41) is 10.2. The van der Waals surface area contributed by atoms with E-state index in [2.05, 4.69) is 0 Å². The lowest BCUT2D eigenvalue weighted by Gasteiger charge is -2.11. The molecule has 0 atom stereocenters. The van der Waals surface area contributed by atoms with E-state index in [0.717, 1.165) is 0 Å². The van der Waals surface area contributed by atoms with Gasteiger partial charge in [-0.3, -0.25) is 0 Å². The first-order chi connectivity index (χ1) is 11.1. The van der Waals surface area contributed by atoms with Gasteiger partial charge in [0.2, 0.25) is 0 Å². The summed E-state index contributed by atoms with van der Waals surface area (Å²) in [5.74, 6) is -0.376. The number of allylic oxidation sites excluding steroid dienone is 4. The molecule has 1 N–H and O–H groups in total. The van der Waals surface area contributed by atoms with Crippen molar-refractivity contribution in [2.45, 2.75) is 19.4 Å². The number of hydrogen-bond donors (Lipinski definition) is 1. The van der Waals surface area contributed by atoms with Crippen LogP contribution in [0.3, 0.4) is 0 Å². The maximum Gasteiger partial charge on any atom is 0.351 e. The summed E-state index contributed by atoms with van der Waals surface area (Å²) < 4.78 is 10.4. The molecule has 2 aromatic rings. The molecule has 0 radical (unpaired) electrons. The first-order valence-electron chi connectivity index (χ1n) is 7.03. The lowest BCUT2D eigenvalue weighted by Crippen LogP contribution is -2.16. The van der Waals surface area contributed by atoms with Gasteiger partial charge in [-0.2, -0.15) is 0 Å². The number of carbonyl (C=O) groups excluding carboxylic acids is 1. The summed E-state index contributed by atoms with van der Waals surface area (Å²) in [6.45, 7) is -0.146. The average molecular weight is 333 g/mol. The third kappa shape index (κ3) is 3.36. The van der Waals surface area contributed by atoms with Crippen molar-refractivity contribution in [3.8, 4) is 0 Å². The van der Waals surface area contributed by atoms with Crippen molar-refractivity contribution in [2.24, 2.45) is 0 Å². The zero-order chi connectivity index (χ0) is 16.4. The fourth-order valence-electron chi connectivity index (χ4n) is 2.31. The summed E-state index contributed by atoms with van der Waals surface area (Å²) in [6.07, 6.45) is 4.58. The Hall–Kier alpha value is -2.37. The Morgan fingerprint density at radius 3 is 2.91 bits per heavy atom. The van der Waals surface area contributed by atoms with Crippen LogP contribution in [-0.4, -0.2) is 11.1 Å². The number of fused-ring (bicyclic) bond motifs is 1. The van der Waals surface area contributed by atoms with Crippen LogP contribution in [0.4, 0.5) is 0 Å². The summed E-state index contributed by atoms with van der Waals surface area (Å²) in [4.78, 5) is 24.2. The zero-order valence-electron chi connectivity index (χ0n) is 12.0. The molecule has 1 heterocycles. The third-order valence-electron chi connectivity index (χ3n) is 3.45. The fourth-order valence-corrected chi connectivity index (χ4v) is 2.54. The van der Waals surface area contributed by atoms with E-state index >= 15 is 0 Å². The molecule has 1 aromatic heterocycles. The van der Waals surface area contributed by atoms with Crippen LogP contribution >= 0.6 is 11.6 Å². The van der Waals surface area contributed by atoms with Crippen molar-refractivity contribution in [2.75, 3.05) is 0 Å². The normalized spacial score (nSPS) is 14.3. The molecule has 0 saturated carbocycles. The number of aliphatic hydroxyl groups is 1. The highest BCUT2D eigenvalue weighted by Crippen LogP contribution is 2.22. The highest BCUT2D eigenvalue weighted by molar-refractivity contribution is 6.31. The average Bonchev–Trinajstić information content (AvgIpc) is 2.53. The molecule has 3 rings (SSSR count). The van der Waals surface area contributed by atoms with Crippen LogP contribution < -0.4 is 5.63 Å². The van der Waals surface area contributed by atoms with Crippen LogP contribution in [0.1, 0.15) is 28.8 Å². The van der Waals surface area contributed by atoms with E-state index in [1.54, 1.807) is 24.3 Å². The Kier molecular flexibility index (Phi) is 4.32. The lowest BCUT2D eigenvalue weighted by atomic mass is 10.1. The Bertz CT molecular complexity index is 891. The van der Waals surface area contributed by atoms with Gasteiger partial charge in [0.25, 0.3) is 0 Å². The molecule has 0 saturated heterocycles. The molecule has 0 aliphatic heterocycles. The van der Waals surface area contributed by atoms with Crippen molar-refractivity contribution < 1.29 is 19.1 Å². The summed E-state index contributed by atoms with van der Waals surface area (Å²) in [6, 6.07) is 6.27. The first kappa shape index (κ1) is 15.5. The van der Waals surface area contributed by atoms with Crippen molar-refractivity contribution in [3.63, 3.8) is 0 Å². The molecule has 5 nitrogen and oxygen atoms in total. The molecule has 0 bridgehead atoms. The molecule has 1 aliphatic rings. The van der Waals surface area contributed by atoms with Crippen LogP contribution in [0.15, 0.2) is 56.4 Å². The van der Waals surface area contributed by atoms with Crippen molar-refractivity contribution in [1.82, 2.24) is 0 Å². The van der Waals surface area contributed by atoms with Crippen LogP contribution in [0, 0.1) is 0 Å². The molecule has 1 aromatic carbocycles. The molecule has 23 heavy (non-hydrogen) atoms. The Morgan fingerprint density at radius 1 is 1.35 bits per heavy atom. The van der Waals surface area contributed by atoms with Crippen molar-refractivity contribution in [3.05, 3.63) is 68.8 Å². The highest BCUT2D eigenvalue weighted by Gasteiger charge is 2.18. The predicted octanol–water partition coefficient (Wildman–Crippen LogP) is 3.24. The number of aliphatic hydroxyl groups excluding tert-OH is 1. The number of ether oxygens (including phenoxy) is 1. The maximum atomic E-state index is 12.2. The number of esters is 1. The Morgan fingerprint density at radius 2 is 2.17 bits per heavy atom. The molecule has 0 spiro atoms. The standard InChI is InChI=1S/C17H13ClO5/c18-12-2-1-3-13(8-12)22-16(20)14-7-11-6-10(9-19)4-5-15(11)23-17(14)21/h2,4-8,19H,1,3,9H2. The number of halogens is 1. The van der Waals surface area contributed by atoms with Crippen LogP contribution in [0.5, 0.6) is 0 Å². The van der Waals surface area contributed by atoms with Crippen LogP contribution in [0.25, 0.3) is 11.0 Å². The number of rotatable bonds is 3. The lowest BCUT2D eigenvalue weighted by molar-refractivity contribution is 0.0609. The number of benzene rings is 1. The Labute approximate surface area is 136 Å². The topological polar surface area (TPSA) is 76.7 Å². The smallest absolute Gasteiger partial charge is 0.351 e. The zero-order valence-corrected chi connectivity index (χ0v) is 12.8. The minimum Gasteiger partial charge on any atom is -0.427 e. The maximum absolute atomic E-state index is 12.2. The second kappa shape index (κ2) is 6.40. The fraction of sp³-hybridized carbons (Fsp3) is 0.176. The molecular formula is C17H13ClO5. The van der Waals surface area contributed by atoms with Gasteiger partial charge >= 0.3 is 11.6 Å². The van der Waals surface area contributed by atoms with Gasteiger partial charge in [0, 0.05) is 16.8 Å². The second-order valence-corrected chi connectivity index (χ2v) is 5.54. The Balaban J connectivity index is 1.95. The van der Waals surface area contributed by atoms with Gasteiger partial charge in [-0.15, -0.1) is 0 Å². The predicted molar refractivity (Wildman–Crippen MR) is 85.1 cm³/mol. The quantitative estimate of drug-likeness (QED) is 0.689. The van der Waals surface area contributed by atoms with Gasteiger partial charge in [0.1, 0.15) is 16.9 Å². The van der Waals surface area contributed by atoms with E-state index in [4.69, 9.17) is 25.9 Å². The van der Waals surface area contributed by atoms with Gasteiger partial charge in [0.05, 0.1) is 6.61 Å². The minimum atomic E-state index is -0.785. The summed E-state index contributed by atoms with van der Waals surface area (Å²) in [7, 11) is 0. The van der Waals surface area contributed by atoms with Crippen molar-refractivity contribution in [1.29, 1.82) is 0 Å². The van der Waals surface area contributed by atoms with Gasteiger partial charge < -0.3 is 14.3 Å². The van der Waals surface area contributed by atoms with Crippen molar-refractivity contribution >= 4 is 28.5 Å². The largest absolute Gasteiger partial charge is 0.427 e. The number of hydrogen-bond acceptors (Lipinski definition) is 5. The molecule has 0 fully saturated rings. The molecule has 6 heteroatoms. The molecular weight excluding hydrogens is 320 g/mol. The minimum absolute atomic E-state index is 0.146. The van der Waals surface area contributed by atoms with E-state index in [1.165, 1.54) is 6.07 Å². The van der Waals surface area contributed by atoms with E-state index in [0.29, 0.717) is 40.2 Å². The molecule has 0 amide bonds. The molecule has 118 valence electrons. The van der Waals surface area contributed by atoms with E-state index in [9.17, 15) is 9.59 Å². The summed E-state index contributed by atoms with van der Waals surface area (Å²) >= 11 is 5.87. The van der Waals surface area contributed by atoms with E-state index < -0.39 is 11.6 Å². The van der Waals surface area contributed by atoms with Crippen LogP contribution in [0.2, 0.25) is 0 Å². The highest BCUT2D eigenvalue weighted by atomic mass is 35.5. The SMILES string of the molecule is O=C(OC1=CC(Cl)=CCC1)c1cc2cc(CO)ccc2oc1=O. The second-order valence-electron chi connectivity index (χ2n) is 5.11. The van der Waals surface area contributed by atoms with E-state index in [1.807, 2.05) is 6.08 Å². The van der Waals surface area contributed by atoms with Gasteiger partial charge in [-0.25, -0.2) is 9.59 Å². The monoisotopic (exact) mass is 332 g/mol. The van der Waals surface area contributed by atoms with Gasteiger partial charge in [0.15, 0.2) is 0 Å². The molecule has 1 aliphatic carbocycles. The van der Waals surface area contributed by atoms with Gasteiger partial charge in [-0.05, 0) is 36.3 Å². The first-order valence-corrected chi connectivity index (χ1v) is 7.40. The van der Waals surface area contributed by atoms with Gasteiger partial charge in [-0.1, -0.05) is 23.7 Å².